The van der Waals surface area contributed by atoms with Crippen LogP contribution in [0.2, 0.25) is 0 Å². The topological polar surface area (TPSA) is 147 Å². The number of aromatic amines is 1. The highest BCUT2D eigenvalue weighted by Crippen LogP contribution is 2.17. The summed E-state index contributed by atoms with van der Waals surface area (Å²) < 4.78 is 36.3. The van der Waals surface area contributed by atoms with Crippen molar-refractivity contribution in [3.63, 3.8) is 0 Å². The van der Waals surface area contributed by atoms with E-state index in [0.29, 0.717) is 24.3 Å². The number of ether oxygens (including phenoxy) is 1. The van der Waals surface area contributed by atoms with Crippen LogP contribution >= 0.6 is 0 Å². The van der Waals surface area contributed by atoms with Crippen LogP contribution in [0.5, 0.6) is 0 Å². The van der Waals surface area contributed by atoms with Gasteiger partial charge in [0.25, 0.3) is 0 Å². The number of carbonyl (C=O) groups is 1. The summed E-state index contributed by atoms with van der Waals surface area (Å²) in [6.07, 6.45) is -0.328. The van der Waals surface area contributed by atoms with Gasteiger partial charge in [-0.1, -0.05) is 5.16 Å². The van der Waals surface area contributed by atoms with Crippen LogP contribution in [0.25, 0.3) is 11.4 Å². The van der Waals surface area contributed by atoms with Crippen molar-refractivity contribution in [2.24, 2.45) is 0 Å². The van der Waals surface area contributed by atoms with Gasteiger partial charge in [-0.05, 0) is 38.1 Å². The molecule has 2 atom stereocenters. The number of sulfonamides is 1. The van der Waals surface area contributed by atoms with Gasteiger partial charge in [0.1, 0.15) is 0 Å². The number of rotatable bonds is 6. The highest BCUT2D eigenvalue weighted by molar-refractivity contribution is 7.89. The van der Waals surface area contributed by atoms with Gasteiger partial charge in [-0.3, -0.25) is 9.51 Å². The summed E-state index contributed by atoms with van der Waals surface area (Å²) in [6.45, 7) is 4.25. The summed E-state index contributed by atoms with van der Waals surface area (Å²) in [4.78, 5) is 25.4. The van der Waals surface area contributed by atoms with E-state index < -0.39 is 21.8 Å². The first-order valence-electron chi connectivity index (χ1n) is 9.07. The Morgan fingerprint density at radius 1 is 1.24 bits per heavy atom. The minimum absolute atomic E-state index is 0.0213. The van der Waals surface area contributed by atoms with Crippen LogP contribution in [0.15, 0.2) is 33.6 Å². The summed E-state index contributed by atoms with van der Waals surface area (Å²) in [5.41, 5.74) is 1.11. The summed E-state index contributed by atoms with van der Waals surface area (Å²) in [7, 11) is -3.49. The van der Waals surface area contributed by atoms with Gasteiger partial charge in [0.2, 0.25) is 10.0 Å². The molecule has 11 nitrogen and oxygen atoms in total. The van der Waals surface area contributed by atoms with Crippen LogP contribution in [0.1, 0.15) is 13.8 Å². The van der Waals surface area contributed by atoms with E-state index in [-0.39, 0.29) is 30.3 Å². The molecule has 2 aromatic rings. The standard InChI is InChI=1S/C17H23N5O6S/c1-11-9-22(10-12(2)27-11)29(25,26)8-7-18-16(23)19-14-5-3-13(4-6-14)15-20-17(24)28-21-15/h3-6,11-12H,7-10H2,1-2H3,(H2,18,19,23)(H,20,21,24)/t11-,12+. The molecule has 1 aromatic carbocycles. The van der Waals surface area contributed by atoms with Gasteiger partial charge in [-0.25, -0.2) is 18.0 Å². The first-order chi connectivity index (χ1) is 13.7. The number of nitrogens with zero attached hydrogens (tertiary/aromatic N) is 2. The normalized spacial score (nSPS) is 20.3. The van der Waals surface area contributed by atoms with E-state index in [1.54, 1.807) is 24.3 Å². The molecular weight excluding hydrogens is 402 g/mol. The van der Waals surface area contributed by atoms with E-state index >= 15 is 0 Å². The molecule has 29 heavy (non-hydrogen) atoms. The Bertz CT molecular complexity index is 990. The van der Waals surface area contributed by atoms with Crippen molar-refractivity contribution < 1.29 is 22.5 Å². The zero-order valence-corrected chi connectivity index (χ0v) is 16.9. The average Bonchev–Trinajstić information content (AvgIpc) is 3.08. The fourth-order valence-electron chi connectivity index (χ4n) is 3.02. The number of anilines is 1. The quantitative estimate of drug-likeness (QED) is 0.614. The molecule has 1 saturated heterocycles. The Morgan fingerprint density at radius 2 is 1.90 bits per heavy atom. The molecule has 1 aliphatic heterocycles. The molecule has 3 rings (SSSR count). The summed E-state index contributed by atoms with van der Waals surface area (Å²) in [6, 6.07) is 6.01. The fourth-order valence-corrected chi connectivity index (χ4v) is 4.51. The van der Waals surface area contributed by atoms with Gasteiger partial charge in [0, 0.05) is 30.9 Å². The van der Waals surface area contributed by atoms with Crippen LogP contribution in [-0.2, 0) is 14.8 Å². The van der Waals surface area contributed by atoms with Crippen LogP contribution < -0.4 is 16.4 Å². The van der Waals surface area contributed by atoms with Crippen molar-refractivity contribution in [2.75, 3.05) is 30.7 Å². The monoisotopic (exact) mass is 425 g/mol. The van der Waals surface area contributed by atoms with Crippen molar-refractivity contribution >= 4 is 21.7 Å². The predicted octanol–water partition coefficient (Wildman–Crippen LogP) is 0.590. The minimum atomic E-state index is -3.49. The Morgan fingerprint density at radius 3 is 2.48 bits per heavy atom. The Balaban J connectivity index is 1.48. The number of amides is 2. The summed E-state index contributed by atoms with van der Waals surface area (Å²) >= 11 is 0. The van der Waals surface area contributed by atoms with E-state index in [0.717, 1.165) is 0 Å². The minimum Gasteiger partial charge on any atom is -0.373 e. The van der Waals surface area contributed by atoms with Crippen molar-refractivity contribution in [3.05, 3.63) is 34.8 Å². The first-order valence-corrected chi connectivity index (χ1v) is 10.7. The Hall–Kier alpha value is -2.70. The lowest BCUT2D eigenvalue weighted by molar-refractivity contribution is -0.0440. The maximum Gasteiger partial charge on any atom is 0.439 e. The molecule has 3 N–H and O–H groups in total. The highest BCUT2D eigenvalue weighted by Gasteiger charge is 2.30. The van der Waals surface area contributed by atoms with Crippen molar-refractivity contribution in [3.8, 4) is 11.4 Å². The number of carbonyl (C=O) groups excluding carboxylic acids is 1. The predicted molar refractivity (Wildman–Crippen MR) is 105 cm³/mol. The van der Waals surface area contributed by atoms with E-state index in [9.17, 15) is 18.0 Å². The molecule has 0 bridgehead atoms. The Labute approximate surface area is 167 Å². The van der Waals surface area contributed by atoms with Crippen molar-refractivity contribution in [1.82, 2.24) is 19.8 Å². The lowest BCUT2D eigenvalue weighted by Crippen LogP contribution is -2.49. The fraction of sp³-hybridized carbons (Fsp3) is 0.471. The van der Waals surface area contributed by atoms with Gasteiger partial charge in [-0.15, -0.1) is 0 Å². The molecule has 0 spiro atoms. The molecule has 0 aliphatic carbocycles. The summed E-state index contributed by atoms with van der Waals surface area (Å²) in [5, 5.41) is 8.72. The summed E-state index contributed by atoms with van der Waals surface area (Å²) in [5.74, 6) is -0.571. The Kier molecular flexibility index (Phi) is 6.35. The molecule has 0 saturated carbocycles. The zero-order chi connectivity index (χ0) is 21.0. The van der Waals surface area contributed by atoms with Gasteiger partial charge < -0.3 is 15.4 Å². The molecule has 0 radical (unpaired) electrons. The van der Waals surface area contributed by atoms with Gasteiger partial charge in [0.15, 0.2) is 5.82 Å². The van der Waals surface area contributed by atoms with Crippen LogP contribution in [0, 0.1) is 0 Å². The highest BCUT2D eigenvalue weighted by atomic mass is 32.2. The number of hydrogen-bond acceptors (Lipinski definition) is 7. The lowest BCUT2D eigenvalue weighted by atomic mass is 10.2. The second kappa shape index (κ2) is 8.76. The molecule has 12 heteroatoms. The molecule has 1 aliphatic rings. The molecule has 158 valence electrons. The van der Waals surface area contributed by atoms with Crippen LogP contribution in [0.3, 0.4) is 0 Å². The molecule has 0 unspecified atom stereocenters. The zero-order valence-electron chi connectivity index (χ0n) is 16.0. The van der Waals surface area contributed by atoms with Gasteiger partial charge in [0.05, 0.1) is 18.0 Å². The number of urea groups is 1. The average molecular weight is 425 g/mol. The molecule has 1 aromatic heterocycles. The number of morpholine rings is 1. The third-order valence-corrected chi connectivity index (χ3v) is 6.09. The van der Waals surface area contributed by atoms with Crippen molar-refractivity contribution in [1.29, 1.82) is 0 Å². The van der Waals surface area contributed by atoms with Gasteiger partial charge >= 0.3 is 11.8 Å². The van der Waals surface area contributed by atoms with Crippen LogP contribution in [0.4, 0.5) is 10.5 Å². The van der Waals surface area contributed by atoms with E-state index in [1.165, 1.54) is 4.31 Å². The number of H-pyrrole nitrogens is 1. The van der Waals surface area contributed by atoms with E-state index in [1.807, 2.05) is 13.8 Å². The second-order valence-corrected chi connectivity index (χ2v) is 8.88. The third kappa shape index (κ3) is 5.65. The number of nitrogens with one attached hydrogen (secondary N) is 3. The molecule has 2 heterocycles. The largest absolute Gasteiger partial charge is 0.439 e. The number of aromatic nitrogens is 2. The maximum atomic E-state index is 12.5. The van der Waals surface area contributed by atoms with Crippen molar-refractivity contribution in [2.45, 2.75) is 26.1 Å². The SMILES string of the molecule is C[C@@H]1CN(S(=O)(=O)CCNC(=O)Nc2ccc(-c3noc(=O)[nH]3)cc2)C[C@H](C)O1. The number of hydrogen-bond donors (Lipinski definition) is 3. The molecule has 2 amide bonds. The first kappa shape index (κ1) is 21.0. The number of benzene rings is 1. The molecular formula is C17H23N5O6S. The second-order valence-electron chi connectivity index (χ2n) is 6.79. The van der Waals surface area contributed by atoms with Gasteiger partial charge in [-0.2, -0.15) is 4.31 Å². The van der Waals surface area contributed by atoms with E-state index in [2.05, 4.69) is 25.3 Å². The third-order valence-electron chi connectivity index (χ3n) is 4.28. The van der Waals surface area contributed by atoms with E-state index in [4.69, 9.17) is 4.74 Å². The maximum absolute atomic E-state index is 12.5. The smallest absolute Gasteiger partial charge is 0.373 e. The molecule has 1 fully saturated rings. The van der Waals surface area contributed by atoms with Crippen LogP contribution in [-0.4, -0.2) is 66.5 Å². The lowest BCUT2D eigenvalue weighted by Gasteiger charge is -2.34.